The number of hydrogen-bond donors (Lipinski definition) is 2. The number of aromatic nitrogens is 2. The molecule has 1 atom stereocenters. The molecule has 25 heavy (non-hydrogen) atoms. The van der Waals surface area contributed by atoms with E-state index in [2.05, 4.69) is 20.6 Å². The number of ether oxygens (including phenoxy) is 1. The predicted octanol–water partition coefficient (Wildman–Crippen LogP) is 2.41. The van der Waals surface area contributed by atoms with E-state index in [1.54, 1.807) is 30.1 Å². The lowest BCUT2D eigenvalue weighted by molar-refractivity contribution is 0.179. The van der Waals surface area contributed by atoms with E-state index >= 15 is 0 Å². The van der Waals surface area contributed by atoms with Gasteiger partial charge in [-0.2, -0.15) is 0 Å². The Morgan fingerprint density at radius 2 is 2.24 bits per heavy atom. The van der Waals surface area contributed by atoms with Gasteiger partial charge in [0.1, 0.15) is 11.6 Å². The van der Waals surface area contributed by atoms with E-state index in [-0.39, 0.29) is 11.9 Å². The number of halogens is 1. The Hall–Kier alpha value is -2.41. The molecule has 0 aliphatic rings. The van der Waals surface area contributed by atoms with Crippen molar-refractivity contribution in [2.24, 2.45) is 4.99 Å². The normalized spacial score (nSPS) is 12.9. The van der Waals surface area contributed by atoms with Crippen molar-refractivity contribution in [2.45, 2.75) is 33.4 Å². The van der Waals surface area contributed by atoms with Gasteiger partial charge < -0.3 is 19.9 Å². The number of nitrogens with one attached hydrogen (secondary N) is 2. The number of imidazole rings is 1. The molecule has 1 unspecified atom stereocenters. The van der Waals surface area contributed by atoms with Crippen LogP contribution in [0, 0.1) is 12.7 Å². The lowest BCUT2D eigenvalue weighted by Gasteiger charge is -2.17. The SMILES string of the molecule is CCNC(=NCc1ccc(-n2ccnc2C)c(F)c1)NC(C)COC. The molecule has 0 spiro atoms. The van der Waals surface area contributed by atoms with E-state index < -0.39 is 0 Å². The summed E-state index contributed by atoms with van der Waals surface area (Å²) in [4.78, 5) is 8.64. The molecule has 0 bridgehead atoms. The Bertz CT molecular complexity index is 713. The minimum atomic E-state index is -0.292. The number of hydrogen-bond acceptors (Lipinski definition) is 3. The van der Waals surface area contributed by atoms with E-state index in [9.17, 15) is 4.39 Å². The fourth-order valence-electron chi connectivity index (χ4n) is 2.49. The monoisotopic (exact) mass is 347 g/mol. The van der Waals surface area contributed by atoms with E-state index in [1.165, 1.54) is 6.07 Å². The van der Waals surface area contributed by atoms with Gasteiger partial charge in [0.15, 0.2) is 5.96 Å². The Kier molecular flexibility index (Phi) is 6.94. The molecule has 0 amide bonds. The first-order chi connectivity index (χ1) is 12.0. The second kappa shape index (κ2) is 9.17. The van der Waals surface area contributed by atoms with Crippen molar-refractivity contribution in [3.63, 3.8) is 0 Å². The fourth-order valence-corrected chi connectivity index (χ4v) is 2.49. The minimum absolute atomic E-state index is 0.131. The Balaban J connectivity index is 2.10. The zero-order valence-electron chi connectivity index (χ0n) is 15.2. The van der Waals surface area contributed by atoms with Crippen LogP contribution >= 0.6 is 0 Å². The fraction of sp³-hybridized carbons (Fsp3) is 0.444. The van der Waals surface area contributed by atoms with Crippen molar-refractivity contribution in [3.8, 4) is 5.69 Å². The first kappa shape index (κ1) is 18.9. The van der Waals surface area contributed by atoms with Crippen molar-refractivity contribution >= 4 is 5.96 Å². The van der Waals surface area contributed by atoms with Crippen LogP contribution in [0.4, 0.5) is 4.39 Å². The molecule has 6 nitrogen and oxygen atoms in total. The number of rotatable bonds is 7. The molecular formula is C18H26FN5O. The standard InChI is InChI=1S/C18H26FN5O/c1-5-20-18(23-13(2)12-25-4)22-11-15-6-7-17(16(19)10-15)24-9-8-21-14(24)3/h6-10,13H,5,11-12H2,1-4H3,(H2,20,22,23). The molecule has 7 heteroatoms. The molecule has 2 rings (SSSR count). The molecule has 0 aliphatic carbocycles. The molecular weight excluding hydrogens is 321 g/mol. The summed E-state index contributed by atoms with van der Waals surface area (Å²) in [6.07, 6.45) is 3.40. The number of aryl methyl sites for hydroxylation is 1. The maximum atomic E-state index is 14.4. The zero-order chi connectivity index (χ0) is 18.2. The van der Waals surface area contributed by atoms with Crippen LogP contribution < -0.4 is 10.6 Å². The van der Waals surface area contributed by atoms with E-state index in [0.717, 1.165) is 17.9 Å². The summed E-state index contributed by atoms with van der Waals surface area (Å²) >= 11 is 0. The summed E-state index contributed by atoms with van der Waals surface area (Å²) in [7, 11) is 1.66. The smallest absolute Gasteiger partial charge is 0.191 e. The number of aliphatic imine (C=N–C) groups is 1. The highest BCUT2D eigenvalue weighted by Gasteiger charge is 2.08. The molecule has 0 saturated carbocycles. The highest BCUT2D eigenvalue weighted by molar-refractivity contribution is 5.80. The van der Waals surface area contributed by atoms with Gasteiger partial charge in [-0.1, -0.05) is 6.07 Å². The molecule has 2 N–H and O–H groups in total. The van der Waals surface area contributed by atoms with Gasteiger partial charge in [-0.3, -0.25) is 0 Å². The lowest BCUT2D eigenvalue weighted by Crippen LogP contribution is -2.43. The van der Waals surface area contributed by atoms with Crippen LogP contribution in [0.1, 0.15) is 25.2 Å². The molecule has 2 aromatic rings. The summed E-state index contributed by atoms with van der Waals surface area (Å²) in [5, 5.41) is 6.43. The maximum Gasteiger partial charge on any atom is 0.191 e. The second-order valence-corrected chi connectivity index (χ2v) is 5.83. The van der Waals surface area contributed by atoms with Crippen molar-refractivity contribution < 1.29 is 9.13 Å². The molecule has 0 fully saturated rings. The highest BCUT2D eigenvalue weighted by Crippen LogP contribution is 2.17. The van der Waals surface area contributed by atoms with Crippen molar-refractivity contribution in [2.75, 3.05) is 20.3 Å². The summed E-state index contributed by atoms with van der Waals surface area (Å²) in [5.74, 6) is 1.14. The quantitative estimate of drug-likeness (QED) is 0.596. The third kappa shape index (κ3) is 5.29. The van der Waals surface area contributed by atoms with Crippen LogP contribution in [0.3, 0.4) is 0 Å². The second-order valence-electron chi connectivity index (χ2n) is 5.83. The van der Waals surface area contributed by atoms with Crippen LogP contribution in [-0.4, -0.2) is 41.8 Å². The predicted molar refractivity (Wildman–Crippen MR) is 97.5 cm³/mol. The molecule has 1 aromatic carbocycles. The van der Waals surface area contributed by atoms with Gasteiger partial charge in [0, 0.05) is 32.1 Å². The summed E-state index contributed by atoms with van der Waals surface area (Å²) in [6.45, 7) is 7.57. The molecule has 0 saturated heterocycles. The van der Waals surface area contributed by atoms with Crippen LogP contribution in [0.25, 0.3) is 5.69 Å². The van der Waals surface area contributed by atoms with Crippen LogP contribution in [0.2, 0.25) is 0 Å². The summed E-state index contributed by atoms with van der Waals surface area (Å²) < 4.78 is 21.3. The molecule has 0 aliphatic heterocycles. The lowest BCUT2D eigenvalue weighted by atomic mass is 10.2. The maximum absolute atomic E-state index is 14.4. The van der Waals surface area contributed by atoms with Gasteiger partial charge in [-0.25, -0.2) is 14.4 Å². The summed E-state index contributed by atoms with van der Waals surface area (Å²) in [5.41, 5.74) is 1.29. The van der Waals surface area contributed by atoms with Gasteiger partial charge in [0.2, 0.25) is 0 Å². The van der Waals surface area contributed by atoms with Crippen molar-refractivity contribution in [3.05, 3.63) is 47.8 Å². The Morgan fingerprint density at radius 1 is 1.44 bits per heavy atom. The molecule has 1 heterocycles. The van der Waals surface area contributed by atoms with E-state index in [1.807, 2.05) is 26.8 Å². The topological polar surface area (TPSA) is 63.5 Å². The third-order valence-electron chi connectivity index (χ3n) is 3.66. The third-order valence-corrected chi connectivity index (χ3v) is 3.66. The van der Waals surface area contributed by atoms with E-state index in [0.29, 0.717) is 24.8 Å². The molecule has 0 radical (unpaired) electrons. The molecule has 136 valence electrons. The van der Waals surface area contributed by atoms with Crippen molar-refractivity contribution in [1.82, 2.24) is 20.2 Å². The van der Waals surface area contributed by atoms with Gasteiger partial charge in [0.25, 0.3) is 0 Å². The minimum Gasteiger partial charge on any atom is -0.383 e. The summed E-state index contributed by atoms with van der Waals surface area (Å²) in [6, 6.07) is 5.28. The largest absolute Gasteiger partial charge is 0.383 e. The van der Waals surface area contributed by atoms with Gasteiger partial charge >= 0.3 is 0 Å². The van der Waals surface area contributed by atoms with Gasteiger partial charge in [-0.15, -0.1) is 0 Å². The zero-order valence-corrected chi connectivity index (χ0v) is 15.2. The van der Waals surface area contributed by atoms with Crippen LogP contribution in [0.15, 0.2) is 35.6 Å². The number of methoxy groups -OCH3 is 1. The first-order valence-corrected chi connectivity index (χ1v) is 8.37. The number of benzene rings is 1. The Morgan fingerprint density at radius 3 is 2.84 bits per heavy atom. The van der Waals surface area contributed by atoms with Crippen LogP contribution in [0.5, 0.6) is 0 Å². The van der Waals surface area contributed by atoms with Crippen molar-refractivity contribution in [1.29, 1.82) is 0 Å². The average Bonchev–Trinajstić information content (AvgIpc) is 2.99. The van der Waals surface area contributed by atoms with E-state index in [4.69, 9.17) is 4.74 Å². The van der Waals surface area contributed by atoms with Gasteiger partial charge in [-0.05, 0) is 38.5 Å². The molecule has 1 aromatic heterocycles. The average molecular weight is 347 g/mol. The first-order valence-electron chi connectivity index (χ1n) is 8.37. The number of nitrogens with zero attached hydrogens (tertiary/aromatic N) is 3. The van der Waals surface area contributed by atoms with Gasteiger partial charge in [0.05, 0.1) is 18.8 Å². The van der Waals surface area contributed by atoms with Crippen LogP contribution in [-0.2, 0) is 11.3 Å². The Labute approximate surface area is 148 Å². The highest BCUT2D eigenvalue weighted by atomic mass is 19.1. The number of guanidine groups is 1.